The molecule has 0 saturated carbocycles. The van der Waals surface area contributed by atoms with Crippen LogP contribution in [0.1, 0.15) is 22.3 Å². The van der Waals surface area contributed by atoms with Gasteiger partial charge in [-0.05, 0) is 134 Å². The fourth-order valence-electron chi connectivity index (χ4n) is 11.3. The molecule has 2 aliphatic rings. The van der Waals surface area contributed by atoms with Crippen molar-refractivity contribution in [3.8, 4) is 39.1 Å². The molecule has 0 amide bonds. The topological polar surface area (TPSA) is 8.17 Å². The number of nitrogens with zero attached hydrogens (tertiary/aromatic N) is 2. The molecule has 1 spiro atoms. The second-order valence-corrected chi connectivity index (χ2v) is 18.3. The van der Waals surface area contributed by atoms with E-state index >= 15 is 0 Å². The zero-order chi connectivity index (χ0) is 41.9. The zero-order valence-corrected chi connectivity index (χ0v) is 35.6. The maximum atomic E-state index is 2.48. The lowest BCUT2D eigenvalue weighted by Crippen LogP contribution is -2.26. The smallest absolute Gasteiger partial charge is 0.0726 e. The molecule has 3 heteroatoms. The second kappa shape index (κ2) is 13.5. The molecular weight excluding hydrogens is 793 g/mol. The third kappa shape index (κ3) is 4.90. The minimum atomic E-state index is -0.435. The summed E-state index contributed by atoms with van der Waals surface area (Å²) in [4.78, 5) is 2.44. The number of hydrogen-bond acceptors (Lipinski definition) is 2. The first-order valence-electron chi connectivity index (χ1n) is 22.1. The Kier molecular flexibility index (Phi) is 7.51. The highest BCUT2D eigenvalue weighted by Gasteiger charge is 2.51. The molecule has 12 aromatic rings. The number of aromatic nitrogens is 1. The van der Waals surface area contributed by atoms with Crippen LogP contribution in [-0.2, 0) is 5.41 Å². The molecule has 2 nitrogen and oxygen atoms in total. The summed E-state index contributed by atoms with van der Waals surface area (Å²) < 4.78 is 5.04. The number of rotatable bonds is 5. The van der Waals surface area contributed by atoms with Gasteiger partial charge in [-0.2, -0.15) is 0 Å². The molecule has 64 heavy (non-hydrogen) atoms. The maximum Gasteiger partial charge on any atom is 0.0726 e. The normalized spacial score (nSPS) is 13.1. The summed E-state index contributed by atoms with van der Waals surface area (Å²) in [6.45, 7) is 0. The number of benzene rings is 10. The molecule has 0 aliphatic heterocycles. The average molecular weight is 831 g/mol. The Morgan fingerprint density at radius 1 is 0.328 bits per heavy atom. The Bertz CT molecular complexity index is 3730. The van der Waals surface area contributed by atoms with Crippen LogP contribution in [0.15, 0.2) is 231 Å². The monoisotopic (exact) mass is 830 g/mol. The van der Waals surface area contributed by atoms with E-state index in [1.807, 2.05) is 11.3 Å². The third-order valence-electron chi connectivity index (χ3n) is 14.0. The van der Waals surface area contributed by atoms with Crippen molar-refractivity contribution in [3.63, 3.8) is 0 Å². The van der Waals surface area contributed by atoms with Crippen molar-refractivity contribution in [1.82, 2.24) is 4.57 Å². The predicted molar refractivity (Wildman–Crippen MR) is 270 cm³/mol. The number of hydrogen-bond donors (Lipinski definition) is 0. The standard InChI is InChI=1S/C61H38N2S/c1-7-19-53-45(13-1)46-14-2-8-20-54(46)61(53)55-21-9-3-15-47(55)48-35-34-44(38-56(48)61)62(41-28-25-39(26-29-41)40-27-36-60-52(37-40)51-18-6-12-24-59(51)64-60)42-30-32-43(33-31-42)63-57-22-10-4-16-49(57)50-17-5-11-23-58(50)63/h1-38H. The Hall–Kier alpha value is -7.98. The van der Waals surface area contributed by atoms with Crippen LogP contribution in [0.5, 0.6) is 0 Å². The van der Waals surface area contributed by atoms with Crippen LogP contribution in [0.2, 0.25) is 0 Å². The van der Waals surface area contributed by atoms with Gasteiger partial charge >= 0.3 is 0 Å². The van der Waals surface area contributed by atoms with Crippen LogP contribution in [0.25, 0.3) is 81.0 Å². The van der Waals surface area contributed by atoms with Crippen molar-refractivity contribution in [1.29, 1.82) is 0 Å². The fourth-order valence-corrected chi connectivity index (χ4v) is 12.4. The van der Waals surface area contributed by atoms with E-state index in [2.05, 4.69) is 240 Å². The minimum absolute atomic E-state index is 0.435. The van der Waals surface area contributed by atoms with E-state index in [1.165, 1.54) is 97.6 Å². The molecule has 10 aromatic carbocycles. The van der Waals surface area contributed by atoms with E-state index in [0.29, 0.717) is 0 Å². The first-order valence-corrected chi connectivity index (χ1v) is 22.9. The lowest BCUT2D eigenvalue weighted by atomic mass is 9.70. The first-order chi connectivity index (χ1) is 31.7. The first kappa shape index (κ1) is 35.6. The summed E-state index contributed by atoms with van der Waals surface area (Å²) in [5.74, 6) is 0. The van der Waals surface area contributed by atoms with Gasteiger partial charge in [0.15, 0.2) is 0 Å². The molecule has 14 rings (SSSR count). The summed E-state index contributed by atoms with van der Waals surface area (Å²) >= 11 is 1.86. The van der Waals surface area contributed by atoms with Crippen LogP contribution < -0.4 is 4.90 Å². The van der Waals surface area contributed by atoms with Gasteiger partial charge in [-0.1, -0.05) is 152 Å². The van der Waals surface area contributed by atoms with Gasteiger partial charge in [-0.3, -0.25) is 0 Å². The van der Waals surface area contributed by atoms with Gasteiger partial charge in [0.2, 0.25) is 0 Å². The average Bonchev–Trinajstić information content (AvgIpc) is 4.08. The maximum absolute atomic E-state index is 2.48. The third-order valence-corrected chi connectivity index (χ3v) is 15.2. The quantitative estimate of drug-likeness (QED) is 0.168. The predicted octanol–water partition coefficient (Wildman–Crippen LogP) is 16.6. The summed E-state index contributed by atoms with van der Waals surface area (Å²) in [5.41, 5.74) is 19.4. The van der Waals surface area contributed by atoms with E-state index in [9.17, 15) is 0 Å². The molecule has 0 saturated heterocycles. The minimum Gasteiger partial charge on any atom is -0.310 e. The summed E-state index contributed by atoms with van der Waals surface area (Å²) in [5, 5.41) is 5.16. The van der Waals surface area contributed by atoms with Gasteiger partial charge in [0.25, 0.3) is 0 Å². The van der Waals surface area contributed by atoms with Crippen molar-refractivity contribution in [2.75, 3.05) is 4.90 Å². The van der Waals surface area contributed by atoms with Crippen LogP contribution in [0.3, 0.4) is 0 Å². The molecule has 0 bridgehead atoms. The van der Waals surface area contributed by atoms with E-state index in [1.54, 1.807) is 0 Å². The Morgan fingerprint density at radius 2 is 0.797 bits per heavy atom. The molecule has 2 aliphatic carbocycles. The highest BCUT2D eigenvalue weighted by molar-refractivity contribution is 7.25. The number of anilines is 3. The van der Waals surface area contributed by atoms with Crippen molar-refractivity contribution < 1.29 is 0 Å². The number of thiophene rings is 1. The van der Waals surface area contributed by atoms with Crippen molar-refractivity contribution in [2.45, 2.75) is 5.41 Å². The van der Waals surface area contributed by atoms with E-state index in [-0.39, 0.29) is 0 Å². The SMILES string of the molecule is c1ccc2c(c1)-c1ccccc1C21c2ccccc2-c2ccc(N(c3ccc(-c4ccc5sc6ccccc6c5c4)cc3)c3ccc(-n4c5ccccc5c5ccccc54)cc3)cc21. The fraction of sp³-hybridized carbons (Fsp3) is 0.0164. The van der Waals surface area contributed by atoms with Gasteiger partial charge in [0, 0.05) is 53.7 Å². The van der Waals surface area contributed by atoms with Gasteiger partial charge in [-0.25, -0.2) is 0 Å². The van der Waals surface area contributed by atoms with E-state index < -0.39 is 5.41 Å². The molecule has 298 valence electrons. The van der Waals surface area contributed by atoms with E-state index in [0.717, 1.165) is 22.7 Å². The van der Waals surface area contributed by atoms with Crippen LogP contribution in [0, 0.1) is 0 Å². The summed E-state index contributed by atoms with van der Waals surface area (Å²) in [7, 11) is 0. The number of para-hydroxylation sites is 2. The Labute approximate surface area is 375 Å². The molecule has 0 atom stereocenters. The van der Waals surface area contributed by atoms with Crippen molar-refractivity contribution >= 4 is 70.4 Å². The van der Waals surface area contributed by atoms with Crippen LogP contribution in [0.4, 0.5) is 17.1 Å². The lowest BCUT2D eigenvalue weighted by Gasteiger charge is -2.32. The van der Waals surface area contributed by atoms with Crippen molar-refractivity contribution in [3.05, 3.63) is 253 Å². The largest absolute Gasteiger partial charge is 0.310 e. The van der Waals surface area contributed by atoms with Gasteiger partial charge in [-0.15, -0.1) is 11.3 Å². The van der Waals surface area contributed by atoms with Crippen LogP contribution >= 0.6 is 11.3 Å². The second-order valence-electron chi connectivity index (χ2n) is 17.2. The number of fused-ring (bicyclic) bond motifs is 16. The molecular formula is C61H38N2S. The molecule has 0 unspecified atom stereocenters. The van der Waals surface area contributed by atoms with Crippen molar-refractivity contribution in [2.24, 2.45) is 0 Å². The highest BCUT2D eigenvalue weighted by atomic mass is 32.1. The van der Waals surface area contributed by atoms with E-state index in [4.69, 9.17) is 0 Å². The van der Waals surface area contributed by atoms with Crippen LogP contribution in [-0.4, -0.2) is 4.57 Å². The molecule has 0 radical (unpaired) electrons. The Balaban J connectivity index is 0.954. The van der Waals surface area contributed by atoms with Gasteiger partial charge < -0.3 is 9.47 Å². The molecule has 2 heterocycles. The summed E-state index contributed by atoms with van der Waals surface area (Å²) in [6, 6.07) is 85.8. The summed E-state index contributed by atoms with van der Waals surface area (Å²) in [6.07, 6.45) is 0. The molecule has 2 aromatic heterocycles. The van der Waals surface area contributed by atoms with Gasteiger partial charge in [0.05, 0.1) is 16.4 Å². The highest BCUT2D eigenvalue weighted by Crippen LogP contribution is 2.63. The lowest BCUT2D eigenvalue weighted by molar-refractivity contribution is 0.793. The zero-order valence-electron chi connectivity index (χ0n) is 34.7. The Morgan fingerprint density at radius 3 is 1.42 bits per heavy atom. The molecule has 0 N–H and O–H groups in total. The van der Waals surface area contributed by atoms with Gasteiger partial charge in [0.1, 0.15) is 0 Å². The molecule has 0 fully saturated rings.